The van der Waals surface area contributed by atoms with E-state index in [1.807, 2.05) is 24.4 Å². The van der Waals surface area contributed by atoms with E-state index in [-0.39, 0.29) is 5.41 Å². The van der Waals surface area contributed by atoms with E-state index in [4.69, 9.17) is 9.51 Å². The molecule has 2 aliphatic rings. The molecule has 128 valence electrons. The third-order valence-electron chi connectivity index (χ3n) is 5.41. The first-order valence-corrected chi connectivity index (χ1v) is 8.85. The van der Waals surface area contributed by atoms with E-state index >= 15 is 0 Å². The number of hydrogen-bond acceptors (Lipinski definition) is 6. The van der Waals surface area contributed by atoms with E-state index in [1.54, 1.807) is 17.1 Å². The van der Waals surface area contributed by atoms with Crippen LogP contribution in [0.25, 0.3) is 17.2 Å². The Balaban J connectivity index is 1.43. The molecule has 5 rings (SSSR count). The van der Waals surface area contributed by atoms with Gasteiger partial charge in [0.25, 0.3) is 0 Å². The van der Waals surface area contributed by atoms with Crippen molar-refractivity contribution in [2.75, 3.05) is 19.6 Å². The summed E-state index contributed by atoms with van der Waals surface area (Å²) in [7, 11) is 0. The maximum absolute atomic E-state index is 5.70. The van der Waals surface area contributed by atoms with Crippen LogP contribution in [0.4, 0.5) is 0 Å². The molecule has 2 bridgehead atoms. The first kappa shape index (κ1) is 14.8. The lowest BCUT2D eigenvalue weighted by atomic mass is 9.73. The Morgan fingerprint density at radius 2 is 2.00 bits per heavy atom. The zero-order valence-corrected chi connectivity index (χ0v) is 14.0. The fourth-order valence-electron chi connectivity index (χ4n) is 4.16. The summed E-state index contributed by atoms with van der Waals surface area (Å²) in [4.78, 5) is 11.7. The zero-order valence-electron chi connectivity index (χ0n) is 14.0. The van der Waals surface area contributed by atoms with Crippen LogP contribution in [0, 0.1) is 0 Å². The number of fused-ring (bicyclic) bond motifs is 2. The van der Waals surface area contributed by atoms with Crippen LogP contribution in [-0.4, -0.2) is 49.4 Å². The minimum atomic E-state index is 0.0458. The summed E-state index contributed by atoms with van der Waals surface area (Å²) in [6.07, 6.45) is 10.1. The van der Waals surface area contributed by atoms with Gasteiger partial charge < -0.3 is 9.42 Å². The highest BCUT2D eigenvalue weighted by Gasteiger charge is 2.44. The summed E-state index contributed by atoms with van der Waals surface area (Å²) in [6.45, 7) is 3.44. The molecule has 0 spiro atoms. The Hall–Kier alpha value is -2.54. The molecule has 0 atom stereocenters. The normalized spacial score (nSPS) is 25.8. The molecule has 7 nitrogen and oxygen atoms in total. The van der Waals surface area contributed by atoms with Gasteiger partial charge in [0.1, 0.15) is 0 Å². The first-order valence-electron chi connectivity index (χ1n) is 8.85. The lowest BCUT2D eigenvalue weighted by Gasteiger charge is -2.44. The highest BCUT2D eigenvalue weighted by molar-refractivity contribution is 5.53. The number of rotatable bonds is 3. The van der Waals surface area contributed by atoms with Gasteiger partial charge >= 0.3 is 0 Å². The Morgan fingerprint density at radius 3 is 2.72 bits per heavy atom. The largest absolute Gasteiger partial charge is 0.338 e. The molecule has 0 saturated carbocycles. The highest BCUT2D eigenvalue weighted by Crippen LogP contribution is 2.40. The van der Waals surface area contributed by atoms with Gasteiger partial charge in [0.05, 0.1) is 5.41 Å². The van der Waals surface area contributed by atoms with Gasteiger partial charge in [-0.2, -0.15) is 10.1 Å². The quantitative estimate of drug-likeness (QED) is 0.731. The van der Waals surface area contributed by atoms with E-state index < -0.39 is 0 Å². The van der Waals surface area contributed by atoms with Gasteiger partial charge in [0, 0.05) is 30.7 Å². The second-order valence-electron chi connectivity index (χ2n) is 7.04. The Bertz CT molecular complexity index is 844. The number of pyridine rings is 1. The maximum Gasteiger partial charge on any atom is 0.234 e. The molecule has 0 aliphatic carbocycles. The second-order valence-corrected chi connectivity index (χ2v) is 7.04. The molecule has 2 fully saturated rings. The molecule has 7 heteroatoms. The minimum Gasteiger partial charge on any atom is -0.338 e. The number of aromatic nitrogens is 5. The monoisotopic (exact) mass is 336 g/mol. The number of nitrogens with zero attached hydrogens (tertiary/aromatic N) is 6. The molecule has 0 unspecified atom stereocenters. The molecule has 0 aromatic carbocycles. The summed E-state index contributed by atoms with van der Waals surface area (Å²) in [5.74, 6) is 2.18. The number of hydrogen-bond donors (Lipinski definition) is 0. The van der Waals surface area contributed by atoms with Crippen LogP contribution in [0.5, 0.6) is 0 Å². The van der Waals surface area contributed by atoms with E-state index in [0.717, 1.165) is 36.7 Å². The molecular weight excluding hydrogens is 316 g/mol. The van der Waals surface area contributed by atoms with E-state index in [9.17, 15) is 0 Å². The molecule has 3 aromatic heterocycles. The predicted octanol–water partition coefficient (Wildman–Crippen LogP) is 2.44. The minimum absolute atomic E-state index is 0.0458. The molecular formula is C18H20N6O. The van der Waals surface area contributed by atoms with Crippen LogP contribution >= 0.6 is 0 Å². The average Bonchev–Trinajstić information content (AvgIpc) is 3.34. The lowest BCUT2D eigenvalue weighted by Crippen LogP contribution is -2.50. The second kappa shape index (κ2) is 5.77. The lowest BCUT2D eigenvalue weighted by molar-refractivity contribution is 0.0711. The molecule has 2 saturated heterocycles. The highest BCUT2D eigenvalue weighted by atomic mass is 16.5. The van der Waals surface area contributed by atoms with Gasteiger partial charge in [-0.15, -0.1) is 0 Å². The van der Waals surface area contributed by atoms with Crippen LogP contribution in [0.2, 0.25) is 0 Å². The summed E-state index contributed by atoms with van der Waals surface area (Å²) in [5, 5.41) is 8.42. The van der Waals surface area contributed by atoms with Crippen molar-refractivity contribution in [3.05, 3.63) is 42.7 Å². The predicted molar refractivity (Wildman–Crippen MR) is 91.2 cm³/mol. The van der Waals surface area contributed by atoms with Crippen LogP contribution in [0.1, 0.15) is 31.6 Å². The van der Waals surface area contributed by atoms with E-state index in [2.05, 4.69) is 20.1 Å². The summed E-state index contributed by atoms with van der Waals surface area (Å²) >= 11 is 0. The van der Waals surface area contributed by atoms with E-state index in [1.165, 1.54) is 25.9 Å². The molecule has 5 heterocycles. The Kier molecular flexibility index (Phi) is 3.41. The Labute approximate surface area is 145 Å². The van der Waals surface area contributed by atoms with Crippen molar-refractivity contribution >= 4 is 0 Å². The zero-order chi connectivity index (χ0) is 16.7. The van der Waals surface area contributed by atoms with Crippen LogP contribution in [0.3, 0.4) is 0 Å². The molecule has 3 aromatic rings. The molecule has 0 amide bonds. The van der Waals surface area contributed by atoms with Crippen LogP contribution in [-0.2, 0) is 5.41 Å². The summed E-state index contributed by atoms with van der Waals surface area (Å²) in [6, 6.07) is 5.75. The fraction of sp³-hybridized carbons (Fsp3) is 0.444. The van der Waals surface area contributed by atoms with Crippen molar-refractivity contribution in [3.63, 3.8) is 0 Å². The standard InChI is InChI=1S/C18H20N6O/c1-6-18(7-2-10-23(9-1)13-18)17-21-16(22-25-17)14-4-5-15(19-12-14)24-11-3-8-20-24/h3-5,8,11-12H,1-2,6-7,9-10,13H2. The van der Waals surface area contributed by atoms with Crippen molar-refractivity contribution in [3.8, 4) is 17.2 Å². The van der Waals surface area contributed by atoms with Gasteiger partial charge in [-0.3, -0.25) is 0 Å². The van der Waals surface area contributed by atoms with Gasteiger partial charge in [-0.05, 0) is 57.0 Å². The molecule has 2 aliphatic heterocycles. The van der Waals surface area contributed by atoms with Crippen molar-refractivity contribution in [1.82, 2.24) is 29.8 Å². The van der Waals surface area contributed by atoms with Crippen molar-refractivity contribution in [1.29, 1.82) is 0 Å². The van der Waals surface area contributed by atoms with Crippen molar-refractivity contribution < 1.29 is 4.52 Å². The maximum atomic E-state index is 5.70. The van der Waals surface area contributed by atoms with Crippen LogP contribution in [0.15, 0.2) is 41.3 Å². The van der Waals surface area contributed by atoms with E-state index in [0.29, 0.717) is 5.82 Å². The fourth-order valence-corrected chi connectivity index (χ4v) is 4.16. The Morgan fingerprint density at radius 1 is 1.12 bits per heavy atom. The van der Waals surface area contributed by atoms with Crippen molar-refractivity contribution in [2.24, 2.45) is 0 Å². The average molecular weight is 336 g/mol. The topological polar surface area (TPSA) is 72.9 Å². The number of piperidine rings is 2. The summed E-state index contributed by atoms with van der Waals surface area (Å²) in [5.41, 5.74) is 0.912. The third-order valence-corrected chi connectivity index (χ3v) is 5.41. The van der Waals surface area contributed by atoms with Crippen LogP contribution < -0.4 is 0 Å². The third kappa shape index (κ3) is 2.55. The smallest absolute Gasteiger partial charge is 0.234 e. The van der Waals surface area contributed by atoms with Gasteiger partial charge in [0.15, 0.2) is 5.82 Å². The summed E-state index contributed by atoms with van der Waals surface area (Å²) < 4.78 is 7.43. The molecule has 25 heavy (non-hydrogen) atoms. The van der Waals surface area contributed by atoms with Crippen molar-refractivity contribution in [2.45, 2.75) is 31.1 Å². The first-order chi connectivity index (χ1) is 12.3. The molecule has 0 radical (unpaired) electrons. The van der Waals surface area contributed by atoms with Gasteiger partial charge in [0.2, 0.25) is 11.7 Å². The molecule has 0 N–H and O–H groups in total. The SMILES string of the molecule is c1cnn(-c2ccc(-c3noc(C45CCCN(CCC4)C5)n3)cn2)c1. The van der Waals surface area contributed by atoms with Gasteiger partial charge in [-0.1, -0.05) is 5.16 Å². The van der Waals surface area contributed by atoms with Gasteiger partial charge in [-0.25, -0.2) is 9.67 Å².